The van der Waals surface area contributed by atoms with E-state index in [9.17, 15) is 18.0 Å². The fourth-order valence-corrected chi connectivity index (χ4v) is 4.40. The molecule has 0 radical (unpaired) electrons. The van der Waals surface area contributed by atoms with Crippen LogP contribution in [0.4, 0.5) is 19.0 Å². The Hall–Kier alpha value is -3.13. The third kappa shape index (κ3) is 4.85. The number of hydrogen-bond acceptors (Lipinski definition) is 4. The maximum Gasteiger partial charge on any atom is 0.149 e. The van der Waals surface area contributed by atoms with Crippen molar-refractivity contribution in [3.8, 4) is 0 Å². The second-order valence-electron chi connectivity index (χ2n) is 8.36. The molecule has 3 atom stereocenters. The highest BCUT2D eigenvalue weighted by Crippen LogP contribution is 2.38. The Morgan fingerprint density at radius 2 is 1.84 bits per heavy atom. The number of hydrogen-bond donors (Lipinski definition) is 2. The van der Waals surface area contributed by atoms with Crippen molar-refractivity contribution >= 4 is 11.6 Å². The summed E-state index contributed by atoms with van der Waals surface area (Å²) in [4.78, 5) is 12.9. The molecule has 2 heterocycles. The molecule has 1 aromatic heterocycles. The molecule has 2 N–H and O–H groups in total. The zero-order chi connectivity index (χ0) is 22.8. The molecular formula is C24H25F3N4O. The maximum absolute atomic E-state index is 14.8. The number of anilines is 1. The molecule has 5 nitrogen and oxygen atoms in total. The van der Waals surface area contributed by atoms with Gasteiger partial charge in [-0.05, 0) is 42.3 Å². The van der Waals surface area contributed by atoms with Crippen LogP contribution < -0.4 is 10.6 Å². The summed E-state index contributed by atoms with van der Waals surface area (Å²) < 4.78 is 44.4. The highest BCUT2D eigenvalue weighted by atomic mass is 19.1. The molecule has 0 spiro atoms. The van der Waals surface area contributed by atoms with E-state index in [1.807, 2.05) is 0 Å². The summed E-state index contributed by atoms with van der Waals surface area (Å²) in [7, 11) is 1.79. The first-order valence-corrected chi connectivity index (χ1v) is 10.5. The van der Waals surface area contributed by atoms with E-state index in [0.717, 1.165) is 0 Å². The largest absolute Gasteiger partial charge is 0.353 e. The minimum Gasteiger partial charge on any atom is -0.353 e. The predicted molar refractivity (Wildman–Crippen MR) is 116 cm³/mol. The Morgan fingerprint density at radius 1 is 1.16 bits per heavy atom. The highest BCUT2D eigenvalue weighted by molar-refractivity contribution is 5.81. The lowest BCUT2D eigenvalue weighted by atomic mass is 9.82. The van der Waals surface area contributed by atoms with E-state index in [4.69, 9.17) is 0 Å². The lowest BCUT2D eigenvalue weighted by Gasteiger charge is -2.25. The van der Waals surface area contributed by atoms with Crippen molar-refractivity contribution in [2.24, 2.45) is 13.0 Å². The van der Waals surface area contributed by atoms with E-state index in [0.29, 0.717) is 23.5 Å². The summed E-state index contributed by atoms with van der Waals surface area (Å²) in [5, 5.41) is 10.8. The Kier molecular flexibility index (Phi) is 6.32. The number of aryl methyl sites for hydroxylation is 2. The quantitative estimate of drug-likeness (QED) is 0.579. The van der Waals surface area contributed by atoms with Crippen molar-refractivity contribution in [3.05, 3.63) is 82.8 Å². The molecule has 0 bridgehead atoms. The van der Waals surface area contributed by atoms with Crippen molar-refractivity contribution < 1.29 is 18.0 Å². The number of ketones is 1. The van der Waals surface area contributed by atoms with Gasteiger partial charge in [-0.2, -0.15) is 5.10 Å². The fraction of sp³-hybridized carbons (Fsp3) is 0.333. The smallest absolute Gasteiger partial charge is 0.149 e. The molecule has 168 valence electrons. The van der Waals surface area contributed by atoms with Gasteiger partial charge < -0.3 is 5.32 Å². The Bertz CT molecular complexity index is 1090. The molecular weight excluding hydrogens is 417 g/mol. The number of nitrogens with zero attached hydrogens (tertiary/aromatic N) is 2. The van der Waals surface area contributed by atoms with Crippen LogP contribution in [0.25, 0.3) is 0 Å². The predicted octanol–water partition coefficient (Wildman–Crippen LogP) is 4.09. The van der Waals surface area contributed by atoms with Crippen molar-refractivity contribution in [1.29, 1.82) is 0 Å². The van der Waals surface area contributed by atoms with Gasteiger partial charge in [-0.1, -0.05) is 12.1 Å². The first kappa shape index (κ1) is 22.1. The molecule has 0 amide bonds. The number of Topliss-reactive ketones (excluding diaryl/α,β-unsaturated/α-hetero) is 1. The van der Waals surface area contributed by atoms with Gasteiger partial charge in [0.2, 0.25) is 0 Å². The lowest BCUT2D eigenvalue weighted by Crippen LogP contribution is -2.36. The minimum atomic E-state index is -0.608. The van der Waals surface area contributed by atoms with Crippen LogP contribution in [0.15, 0.2) is 48.7 Å². The molecule has 32 heavy (non-hydrogen) atoms. The highest BCUT2D eigenvalue weighted by Gasteiger charge is 2.40. The topological polar surface area (TPSA) is 58.9 Å². The summed E-state index contributed by atoms with van der Waals surface area (Å²) in [5.74, 6) is -2.01. The van der Waals surface area contributed by atoms with E-state index in [1.165, 1.54) is 24.3 Å². The van der Waals surface area contributed by atoms with Crippen molar-refractivity contribution in [2.75, 3.05) is 11.9 Å². The number of carbonyl (C=O) groups excluding carboxylic acids is 1. The lowest BCUT2D eigenvalue weighted by molar-refractivity contribution is -0.119. The molecule has 1 saturated heterocycles. The second-order valence-corrected chi connectivity index (χ2v) is 8.36. The van der Waals surface area contributed by atoms with E-state index in [-0.39, 0.29) is 30.0 Å². The molecule has 0 saturated carbocycles. The molecule has 3 aromatic rings. The van der Waals surface area contributed by atoms with Gasteiger partial charge in [0, 0.05) is 56.1 Å². The van der Waals surface area contributed by atoms with E-state index >= 15 is 0 Å². The Labute approximate surface area is 184 Å². The molecule has 8 heteroatoms. The standard InChI is InChI=1S/C24H25F3N4O/c1-14-9-20(26)23(21(27)10-14)19-13-28-24(29-22-7-8-31(2)30-22)18(19)12-17(32)11-15-3-5-16(25)6-4-15/h3-10,18-19,24,28H,11-13H2,1-2H3,(H,29,30)/t18-,19+,24?/m0/s1. The summed E-state index contributed by atoms with van der Waals surface area (Å²) >= 11 is 0. The van der Waals surface area contributed by atoms with Crippen LogP contribution in [-0.4, -0.2) is 28.3 Å². The molecule has 2 aromatic carbocycles. The summed E-state index contributed by atoms with van der Waals surface area (Å²) in [6.07, 6.45) is 1.61. The first-order chi connectivity index (χ1) is 15.3. The fourth-order valence-electron chi connectivity index (χ4n) is 4.40. The SMILES string of the molecule is Cc1cc(F)c([C@@H]2CNC(Nc3ccn(C)n3)[C@H]2CC(=O)Cc2ccc(F)cc2)c(F)c1. The third-order valence-electron chi connectivity index (χ3n) is 5.89. The van der Waals surface area contributed by atoms with Gasteiger partial charge in [0.1, 0.15) is 29.1 Å². The number of rotatable bonds is 7. The zero-order valence-corrected chi connectivity index (χ0v) is 17.9. The molecule has 0 aliphatic carbocycles. The van der Waals surface area contributed by atoms with Gasteiger partial charge in [0.25, 0.3) is 0 Å². The molecule has 1 aliphatic heterocycles. The van der Waals surface area contributed by atoms with Gasteiger partial charge in [-0.3, -0.25) is 14.8 Å². The number of aromatic nitrogens is 2. The van der Waals surface area contributed by atoms with Gasteiger partial charge >= 0.3 is 0 Å². The summed E-state index contributed by atoms with van der Waals surface area (Å²) in [6, 6.07) is 10.2. The van der Waals surface area contributed by atoms with Crippen LogP contribution >= 0.6 is 0 Å². The first-order valence-electron chi connectivity index (χ1n) is 10.5. The Balaban J connectivity index is 1.59. The monoisotopic (exact) mass is 442 g/mol. The third-order valence-corrected chi connectivity index (χ3v) is 5.89. The van der Waals surface area contributed by atoms with E-state index in [2.05, 4.69) is 15.7 Å². The van der Waals surface area contributed by atoms with Crippen LogP contribution in [-0.2, 0) is 18.3 Å². The van der Waals surface area contributed by atoms with Crippen LogP contribution in [0.2, 0.25) is 0 Å². The minimum absolute atomic E-state index is 0.00648. The average molecular weight is 442 g/mol. The summed E-state index contributed by atoms with van der Waals surface area (Å²) in [6.45, 7) is 1.95. The van der Waals surface area contributed by atoms with Crippen LogP contribution in [0.1, 0.15) is 29.0 Å². The number of halogens is 3. The number of nitrogens with one attached hydrogen (secondary N) is 2. The zero-order valence-electron chi connectivity index (χ0n) is 17.9. The molecule has 1 fully saturated rings. The molecule has 1 unspecified atom stereocenters. The van der Waals surface area contributed by atoms with Gasteiger partial charge in [0.15, 0.2) is 0 Å². The van der Waals surface area contributed by atoms with Crippen LogP contribution in [0, 0.1) is 30.3 Å². The maximum atomic E-state index is 14.8. The number of benzene rings is 2. The van der Waals surface area contributed by atoms with Gasteiger partial charge in [0.05, 0.1) is 6.17 Å². The van der Waals surface area contributed by atoms with Gasteiger partial charge in [-0.15, -0.1) is 0 Å². The van der Waals surface area contributed by atoms with Gasteiger partial charge in [-0.25, -0.2) is 13.2 Å². The van der Waals surface area contributed by atoms with E-state index < -0.39 is 29.6 Å². The van der Waals surface area contributed by atoms with Crippen molar-refractivity contribution in [2.45, 2.75) is 31.8 Å². The normalized spacial score (nSPS) is 20.5. The summed E-state index contributed by atoms with van der Waals surface area (Å²) in [5.41, 5.74) is 1.19. The van der Waals surface area contributed by atoms with Crippen molar-refractivity contribution in [3.63, 3.8) is 0 Å². The number of carbonyl (C=O) groups is 1. The molecule has 4 rings (SSSR count). The Morgan fingerprint density at radius 3 is 2.47 bits per heavy atom. The van der Waals surface area contributed by atoms with Crippen LogP contribution in [0.3, 0.4) is 0 Å². The second kappa shape index (κ2) is 9.16. The average Bonchev–Trinajstić information content (AvgIpc) is 3.30. The van der Waals surface area contributed by atoms with Crippen molar-refractivity contribution in [1.82, 2.24) is 15.1 Å². The van der Waals surface area contributed by atoms with E-state index in [1.54, 1.807) is 43.0 Å². The van der Waals surface area contributed by atoms with Crippen LogP contribution in [0.5, 0.6) is 0 Å². The molecule has 1 aliphatic rings.